The Morgan fingerprint density at radius 2 is 2.26 bits per heavy atom. The van der Waals surface area contributed by atoms with Gasteiger partial charge in [0.2, 0.25) is 0 Å². The van der Waals surface area contributed by atoms with Crippen LogP contribution >= 0.6 is 11.8 Å². The van der Waals surface area contributed by atoms with Crippen LogP contribution in [-0.4, -0.2) is 59.4 Å². The minimum absolute atomic E-state index is 0.0566. The van der Waals surface area contributed by atoms with Gasteiger partial charge < -0.3 is 15.2 Å². The topological polar surface area (TPSA) is 78.9 Å². The lowest BCUT2D eigenvalue weighted by Crippen LogP contribution is -2.50. The van der Waals surface area contributed by atoms with Crippen molar-refractivity contribution >= 4 is 23.8 Å². The summed E-state index contributed by atoms with van der Waals surface area (Å²) in [4.78, 5) is 24.7. The maximum Gasteiger partial charge on any atom is 0.327 e. The van der Waals surface area contributed by atoms with E-state index in [1.54, 1.807) is 7.11 Å². The van der Waals surface area contributed by atoms with Gasteiger partial charge in [-0.15, -0.1) is 11.8 Å². The third kappa shape index (κ3) is 4.28. The summed E-state index contributed by atoms with van der Waals surface area (Å²) in [6, 6.07) is -1.03. The fourth-order valence-electron chi connectivity index (χ4n) is 2.04. The van der Waals surface area contributed by atoms with Crippen LogP contribution < -0.4 is 5.32 Å². The number of nitrogens with one attached hydrogen (secondary N) is 1. The summed E-state index contributed by atoms with van der Waals surface area (Å²) in [5, 5.41) is 11.9. The molecule has 3 atom stereocenters. The minimum atomic E-state index is -0.941. The summed E-state index contributed by atoms with van der Waals surface area (Å²) in [6.07, 6.45) is 0.746. The molecule has 1 saturated heterocycles. The predicted octanol–water partition coefficient (Wildman–Crippen LogP) is 1.22. The van der Waals surface area contributed by atoms with Gasteiger partial charge in [0, 0.05) is 19.4 Å². The fourth-order valence-corrected chi connectivity index (χ4v) is 3.38. The van der Waals surface area contributed by atoms with Crippen LogP contribution in [0.5, 0.6) is 0 Å². The van der Waals surface area contributed by atoms with Crippen molar-refractivity contribution in [3.8, 4) is 0 Å². The van der Waals surface area contributed by atoms with Crippen LogP contribution in [0.4, 0.5) is 4.79 Å². The Morgan fingerprint density at radius 1 is 1.58 bits per heavy atom. The third-order valence-electron chi connectivity index (χ3n) is 3.01. The van der Waals surface area contributed by atoms with E-state index in [0.717, 1.165) is 6.42 Å². The van der Waals surface area contributed by atoms with E-state index in [1.807, 2.05) is 13.8 Å². The van der Waals surface area contributed by atoms with Crippen LogP contribution in [0.2, 0.25) is 0 Å². The molecule has 2 N–H and O–H groups in total. The number of carbonyl (C=O) groups excluding carboxylic acids is 1. The fraction of sp³-hybridized carbons (Fsp3) is 0.833. The largest absolute Gasteiger partial charge is 0.480 e. The quantitative estimate of drug-likeness (QED) is 0.769. The van der Waals surface area contributed by atoms with Crippen molar-refractivity contribution in [1.29, 1.82) is 0 Å². The van der Waals surface area contributed by atoms with E-state index in [9.17, 15) is 9.59 Å². The molecule has 0 radical (unpaired) electrons. The third-order valence-corrected chi connectivity index (χ3v) is 4.47. The number of rotatable bonds is 6. The van der Waals surface area contributed by atoms with Gasteiger partial charge >= 0.3 is 12.0 Å². The highest BCUT2D eigenvalue weighted by Gasteiger charge is 2.40. The molecular formula is C12H22N2O4S. The second kappa shape index (κ2) is 7.59. The molecule has 0 aromatic carbocycles. The van der Waals surface area contributed by atoms with Gasteiger partial charge in [0.15, 0.2) is 0 Å². The van der Waals surface area contributed by atoms with Crippen molar-refractivity contribution in [2.45, 2.75) is 31.7 Å². The highest BCUT2D eigenvalue weighted by molar-refractivity contribution is 8.00. The number of ether oxygens (including phenoxy) is 1. The average molecular weight is 290 g/mol. The first-order valence-electron chi connectivity index (χ1n) is 6.40. The first-order valence-corrected chi connectivity index (χ1v) is 7.45. The van der Waals surface area contributed by atoms with E-state index in [1.165, 1.54) is 16.7 Å². The lowest BCUT2D eigenvalue weighted by Gasteiger charge is -2.27. The molecule has 0 aromatic rings. The van der Waals surface area contributed by atoms with E-state index in [2.05, 4.69) is 5.32 Å². The molecule has 2 amide bonds. The molecule has 1 aliphatic rings. The maximum absolute atomic E-state index is 12.1. The summed E-state index contributed by atoms with van der Waals surface area (Å²) in [5.41, 5.74) is 0. The van der Waals surface area contributed by atoms with Crippen LogP contribution in [-0.2, 0) is 9.53 Å². The Labute approximate surface area is 117 Å². The monoisotopic (exact) mass is 290 g/mol. The first kappa shape index (κ1) is 16.1. The molecule has 0 saturated carbocycles. The van der Waals surface area contributed by atoms with E-state index in [-0.39, 0.29) is 17.3 Å². The van der Waals surface area contributed by atoms with Crippen LogP contribution in [0, 0.1) is 5.92 Å². The number of nitrogens with zero attached hydrogens (tertiary/aromatic N) is 1. The summed E-state index contributed by atoms with van der Waals surface area (Å²) in [5.74, 6) is -0.286. The first-order chi connectivity index (χ1) is 9.01. The Hall–Kier alpha value is -0.950. The summed E-state index contributed by atoms with van der Waals surface area (Å²) < 4.78 is 5.00. The highest BCUT2D eigenvalue weighted by Crippen LogP contribution is 2.31. The Balaban J connectivity index is 2.58. The number of carbonyl (C=O) groups is 2. The number of methoxy groups -OCH3 is 1. The number of carboxylic acids is 1. The van der Waals surface area contributed by atoms with Crippen LogP contribution in [0.15, 0.2) is 0 Å². The average Bonchev–Trinajstić information content (AvgIpc) is 2.80. The van der Waals surface area contributed by atoms with Crippen LogP contribution in [0.3, 0.4) is 0 Å². The molecular weight excluding hydrogens is 268 g/mol. The normalized spacial score (nSPS) is 24.3. The molecule has 1 heterocycles. The second-order valence-electron chi connectivity index (χ2n) is 4.70. The number of thioether (sulfide) groups is 1. The van der Waals surface area contributed by atoms with Gasteiger partial charge in [-0.25, -0.2) is 9.59 Å². The number of hydrogen-bond acceptors (Lipinski definition) is 4. The lowest BCUT2D eigenvalue weighted by molar-refractivity contribution is -0.141. The van der Waals surface area contributed by atoms with E-state index in [0.29, 0.717) is 18.9 Å². The number of hydrogen-bond donors (Lipinski definition) is 2. The van der Waals surface area contributed by atoms with Crippen LogP contribution in [0.25, 0.3) is 0 Å². The summed E-state index contributed by atoms with van der Waals surface area (Å²) in [6.45, 7) is 4.97. The van der Waals surface area contributed by atoms with Crippen molar-refractivity contribution < 1.29 is 19.4 Å². The molecule has 1 rings (SSSR count). The highest BCUT2D eigenvalue weighted by atomic mass is 32.2. The van der Waals surface area contributed by atoms with Crippen molar-refractivity contribution in [2.24, 2.45) is 5.92 Å². The molecule has 0 bridgehead atoms. The summed E-state index contributed by atoms with van der Waals surface area (Å²) >= 11 is 1.52. The van der Waals surface area contributed by atoms with Crippen molar-refractivity contribution in [2.75, 3.05) is 26.0 Å². The zero-order chi connectivity index (χ0) is 14.4. The van der Waals surface area contributed by atoms with Gasteiger partial charge in [0.05, 0.1) is 12.0 Å². The van der Waals surface area contributed by atoms with Gasteiger partial charge in [-0.2, -0.15) is 0 Å². The molecule has 1 fully saturated rings. The maximum atomic E-state index is 12.1. The van der Waals surface area contributed by atoms with Crippen LogP contribution in [0.1, 0.15) is 20.3 Å². The number of aliphatic carboxylic acids is 1. The molecule has 19 heavy (non-hydrogen) atoms. The number of urea groups is 1. The van der Waals surface area contributed by atoms with E-state index >= 15 is 0 Å². The Kier molecular flexibility index (Phi) is 6.44. The second-order valence-corrected chi connectivity index (χ2v) is 5.91. The Morgan fingerprint density at radius 3 is 2.79 bits per heavy atom. The zero-order valence-corrected chi connectivity index (χ0v) is 12.4. The van der Waals surface area contributed by atoms with Crippen molar-refractivity contribution in [1.82, 2.24) is 10.2 Å². The predicted molar refractivity (Wildman–Crippen MR) is 74.2 cm³/mol. The van der Waals surface area contributed by atoms with Gasteiger partial charge in [-0.3, -0.25) is 4.90 Å². The molecule has 1 aliphatic heterocycles. The smallest absolute Gasteiger partial charge is 0.327 e. The van der Waals surface area contributed by atoms with Gasteiger partial charge in [-0.05, 0) is 12.3 Å². The Bertz CT molecular complexity index is 327. The lowest BCUT2D eigenvalue weighted by atomic mass is 10.2. The van der Waals surface area contributed by atoms with E-state index < -0.39 is 12.0 Å². The minimum Gasteiger partial charge on any atom is -0.480 e. The molecule has 110 valence electrons. The SMILES string of the molecule is CCC1SCC(C(=O)O)N1C(=O)NCC(C)COC. The molecule has 0 spiro atoms. The van der Waals surface area contributed by atoms with Gasteiger partial charge in [0.1, 0.15) is 6.04 Å². The summed E-state index contributed by atoms with van der Waals surface area (Å²) in [7, 11) is 1.61. The number of amides is 2. The molecule has 0 aromatic heterocycles. The van der Waals surface area contributed by atoms with Crippen molar-refractivity contribution in [3.05, 3.63) is 0 Å². The standard InChI is InChI=1S/C12H22N2O4S/c1-4-10-14(9(7-19-10)11(15)16)12(17)13-5-8(2)6-18-3/h8-10H,4-7H2,1-3H3,(H,13,17)(H,15,16). The zero-order valence-electron chi connectivity index (χ0n) is 11.6. The number of carboxylic acid groups (broad SMARTS) is 1. The van der Waals surface area contributed by atoms with Gasteiger partial charge in [-0.1, -0.05) is 13.8 Å². The van der Waals surface area contributed by atoms with E-state index in [4.69, 9.17) is 9.84 Å². The molecule has 3 unspecified atom stereocenters. The molecule has 7 heteroatoms. The molecule has 0 aliphatic carbocycles. The van der Waals surface area contributed by atoms with Gasteiger partial charge in [0.25, 0.3) is 0 Å². The van der Waals surface area contributed by atoms with Crippen molar-refractivity contribution in [3.63, 3.8) is 0 Å². The molecule has 6 nitrogen and oxygen atoms in total.